The molecule has 0 radical (unpaired) electrons. The number of carboxylic acid groups (broad SMARTS) is 1. The van der Waals surface area contributed by atoms with Crippen molar-refractivity contribution in [3.8, 4) is 0 Å². The number of rotatable bonds is 10. The summed E-state index contributed by atoms with van der Waals surface area (Å²) in [5.41, 5.74) is 0. The molecule has 1 aliphatic rings. The molecule has 0 unspecified atom stereocenters. The molecule has 1 saturated carbocycles. The summed E-state index contributed by atoms with van der Waals surface area (Å²) < 4.78 is 30.8. The maximum atomic E-state index is 11.9. The number of likely N-dealkylation sites (N-methyl/N-ethyl adjacent to an activating group) is 1. The third-order valence-electron chi connectivity index (χ3n) is 3.74. The number of carbonyl (C=O) groups is 2. The van der Waals surface area contributed by atoms with Crippen molar-refractivity contribution < 1.29 is 27.9 Å². The van der Waals surface area contributed by atoms with Gasteiger partial charge in [-0.3, -0.25) is 14.5 Å². The number of sulfonamides is 1. The summed E-state index contributed by atoms with van der Waals surface area (Å²) in [6.45, 7) is 2.47. The van der Waals surface area contributed by atoms with Crippen LogP contribution in [-0.4, -0.2) is 68.4 Å². The average molecular weight is 336 g/mol. The lowest BCUT2D eigenvalue weighted by Crippen LogP contribution is -2.55. The quantitative estimate of drug-likeness (QED) is 0.531. The summed E-state index contributed by atoms with van der Waals surface area (Å²) in [6, 6.07) is -0.0557. The lowest BCUT2D eigenvalue weighted by atomic mass is 9.86. The van der Waals surface area contributed by atoms with Crippen LogP contribution in [0.2, 0.25) is 0 Å². The summed E-state index contributed by atoms with van der Waals surface area (Å²) in [5.74, 6) is -1.42. The maximum absolute atomic E-state index is 11.9. The van der Waals surface area contributed by atoms with E-state index in [9.17, 15) is 18.0 Å². The molecule has 1 fully saturated rings. The van der Waals surface area contributed by atoms with Crippen molar-refractivity contribution in [1.82, 2.24) is 9.62 Å². The van der Waals surface area contributed by atoms with Gasteiger partial charge in [-0.2, -0.15) is 0 Å². The molecular weight excluding hydrogens is 312 g/mol. The Labute approximate surface area is 130 Å². The zero-order valence-electron chi connectivity index (χ0n) is 12.9. The van der Waals surface area contributed by atoms with Crippen LogP contribution in [0.5, 0.6) is 0 Å². The minimum Gasteiger partial charge on any atom is -0.480 e. The molecule has 0 aliphatic heterocycles. The first-order valence-corrected chi connectivity index (χ1v) is 8.95. The number of nitrogens with one attached hydrogen (secondary N) is 1. The number of ether oxygens (including phenoxy) is 1. The third-order valence-corrected chi connectivity index (χ3v) is 5.26. The van der Waals surface area contributed by atoms with Gasteiger partial charge in [0.05, 0.1) is 19.4 Å². The van der Waals surface area contributed by atoms with Gasteiger partial charge in [-0.15, -0.1) is 0 Å². The van der Waals surface area contributed by atoms with E-state index in [2.05, 4.69) is 9.46 Å². The Morgan fingerprint density at radius 2 is 2.00 bits per heavy atom. The Balaban J connectivity index is 2.31. The maximum Gasteiger partial charge on any atom is 0.317 e. The van der Waals surface area contributed by atoms with Gasteiger partial charge in [0.2, 0.25) is 10.0 Å². The van der Waals surface area contributed by atoms with Crippen LogP contribution in [0.15, 0.2) is 0 Å². The third kappa shape index (κ3) is 6.29. The van der Waals surface area contributed by atoms with E-state index in [0.717, 1.165) is 0 Å². The topological polar surface area (TPSA) is 113 Å². The first-order chi connectivity index (χ1) is 10.3. The highest BCUT2D eigenvalue weighted by molar-refractivity contribution is 7.89. The molecule has 0 bridgehead atoms. The Morgan fingerprint density at radius 1 is 1.36 bits per heavy atom. The van der Waals surface area contributed by atoms with E-state index in [1.807, 2.05) is 11.8 Å². The second-order valence-electron chi connectivity index (χ2n) is 5.40. The molecule has 1 rings (SSSR count). The highest BCUT2D eigenvalue weighted by atomic mass is 32.2. The standard InChI is InChI=1S/C13H24N2O6S/c1-3-15(9-12(16)17)11-7-10(8-11)14-22(19,20)6-4-5-13(18)21-2/h10-11,14H,3-9H2,1-2H3,(H,16,17). The fourth-order valence-corrected chi connectivity index (χ4v) is 3.82. The molecule has 9 heteroatoms. The highest BCUT2D eigenvalue weighted by Crippen LogP contribution is 2.26. The van der Waals surface area contributed by atoms with Crippen LogP contribution in [0.3, 0.4) is 0 Å². The molecule has 0 aromatic heterocycles. The second-order valence-corrected chi connectivity index (χ2v) is 7.27. The zero-order chi connectivity index (χ0) is 16.8. The molecule has 0 aromatic rings. The van der Waals surface area contributed by atoms with Crippen LogP contribution in [0.25, 0.3) is 0 Å². The van der Waals surface area contributed by atoms with Gasteiger partial charge >= 0.3 is 11.9 Å². The molecule has 0 aromatic carbocycles. The predicted octanol–water partition coefficient (Wildman–Crippen LogP) is -0.203. The van der Waals surface area contributed by atoms with E-state index >= 15 is 0 Å². The largest absolute Gasteiger partial charge is 0.480 e. The molecular formula is C13H24N2O6S. The van der Waals surface area contributed by atoms with Crippen molar-refractivity contribution >= 4 is 22.0 Å². The van der Waals surface area contributed by atoms with Gasteiger partial charge in [-0.1, -0.05) is 6.92 Å². The Hall–Kier alpha value is -1.19. The van der Waals surface area contributed by atoms with Gasteiger partial charge in [0.25, 0.3) is 0 Å². The molecule has 1 aliphatic carbocycles. The Bertz CT molecular complexity index is 487. The van der Waals surface area contributed by atoms with E-state index < -0.39 is 22.0 Å². The number of methoxy groups -OCH3 is 1. The van der Waals surface area contributed by atoms with Crippen molar-refractivity contribution in [3.05, 3.63) is 0 Å². The van der Waals surface area contributed by atoms with Crippen LogP contribution < -0.4 is 4.72 Å². The number of esters is 1. The van der Waals surface area contributed by atoms with Crippen LogP contribution in [0.1, 0.15) is 32.6 Å². The van der Waals surface area contributed by atoms with E-state index in [-0.39, 0.29) is 37.2 Å². The lowest BCUT2D eigenvalue weighted by Gasteiger charge is -2.42. The first kappa shape index (κ1) is 18.9. The summed E-state index contributed by atoms with van der Waals surface area (Å²) in [7, 11) is -2.15. The fraction of sp³-hybridized carbons (Fsp3) is 0.846. The Kier molecular flexibility index (Phi) is 7.24. The zero-order valence-corrected chi connectivity index (χ0v) is 13.8. The summed E-state index contributed by atoms with van der Waals surface area (Å²) >= 11 is 0. The minimum atomic E-state index is -3.42. The molecule has 0 spiro atoms. The molecule has 0 amide bonds. The second kappa shape index (κ2) is 8.44. The highest BCUT2D eigenvalue weighted by Gasteiger charge is 2.35. The molecule has 0 heterocycles. The van der Waals surface area contributed by atoms with Crippen LogP contribution in [0.4, 0.5) is 0 Å². The normalized spacial score (nSPS) is 21.4. The number of carboxylic acids is 1. The van der Waals surface area contributed by atoms with Gasteiger partial charge in [0, 0.05) is 18.5 Å². The van der Waals surface area contributed by atoms with Gasteiger partial charge in [0.15, 0.2) is 0 Å². The molecule has 8 nitrogen and oxygen atoms in total. The smallest absolute Gasteiger partial charge is 0.317 e. The molecule has 128 valence electrons. The number of carbonyl (C=O) groups excluding carboxylic acids is 1. The van der Waals surface area contributed by atoms with Crippen molar-refractivity contribution in [3.63, 3.8) is 0 Å². The van der Waals surface area contributed by atoms with Crippen molar-refractivity contribution in [2.45, 2.75) is 44.7 Å². The number of aliphatic carboxylic acids is 1. The molecule has 0 atom stereocenters. The first-order valence-electron chi connectivity index (χ1n) is 7.30. The van der Waals surface area contributed by atoms with Gasteiger partial charge in [-0.05, 0) is 25.8 Å². The SMILES string of the molecule is CCN(CC(=O)O)C1CC(NS(=O)(=O)CCCC(=O)OC)C1. The predicted molar refractivity (Wildman–Crippen MR) is 79.9 cm³/mol. The van der Waals surface area contributed by atoms with E-state index in [4.69, 9.17) is 5.11 Å². The molecule has 2 N–H and O–H groups in total. The van der Waals surface area contributed by atoms with Crippen molar-refractivity contribution in [2.24, 2.45) is 0 Å². The number of nitrogens with zero attached hydrogens (tertiary/aromatic N) is 1. The summed E-state index contributed by atoms with van der Waals surface area (Å²) in [4.78, 5) is 23.5. The van der Waals surface area contributed by atoms with E-state index in [1.54, 1.807) is 0 Å². The van der Waals surface area contributed by atoms with Crippen molar-refractivity contribution in [1.29, 1.82) is 0 Å². The fourth-order valence-electron chi connectivity index (χ4n) is 2.48. The minimum absolute atomic E-state index is 0.0280. The monoisotopic (exact) mass is 336 g/mol. The van der Waals surface area contributed by atoms with Crippen molar-refractivity contribution in [2.75, 3.05) is 26.0 Å². The number of hydrogen-bond donors (Lipinski definition) is 2. The molecule has 0 saturated heterocycles. The Morgan fingerprint density at radius 3 is 2.50 bits per heavy atom. The summed E-state index contributed by atoms with van der Waals surface area (Å²) in [5, 5.41) is 8.81. The van der Waals surface area contributed by atoms with Crippen LogP contribution in [-0.2, 0) is 24.3 Å². The molecule has 22 heavy (non-hydrogen) atoms. The van der Waals surface area contributed by atoms with E-state index in [0.29, 0.717) is 19.4 Å². The number of hydrogen-bond acceptors (Lipinski definition) is 6. The van der Waals surface area contributed by atoms with Gasteiger partial charge in [0.1, 0.15) is 0 Å². The summed E-state index contributed by atoms with van der Waals surface area (Å²) in [6.07, 6.45) is 1.51. The average Bonchev–Trinajstić information content (AvgIpc) is 2.39. The van der Waals surface area contributed by atoms with E-state index in [1.165, 1.54) is 7.11 Å². The van der Waals surface area contributed by atoms with Gasteiger partial charge in [-0.25, -0.2) is 13.1 Å². The lowest BCUT2D eigenvalue weighted by molar-refractivity contribution is -0.141. The van der Waals surface area contributed by atoms with Crippen LogP contribution >= 0.6 is 0 Å². The van der Waals surface area contributed by atoms with Crippen LogP contribution in [0, 0.1) is 0 Å². The van der Waals surface area contributed by atoms with Gasteiger partial charge < -0.3 is 9.84 Å².